The third-order valence-electron chi connectivity index (χ3n) is 5.91. The summed E-state index contributed by atoms with van der Waals surface area (Å²) >= 11 is 0. The maximum Gasteiger partial charge on any atom is 0.245 e. The number of aromatic nitrogens is 2. The Bertz CT molecular complexity index is 1020. The van der Waals surface area contributed by atoms with Crippen LogP contribution in [0.1, 0.15) is 62.6 Å². The fourth-order valence-electron chi connectivity index (χ4n) is 4.37. The fraction of sp³-hybridized carbons (Fsp3) is 0.524. The highest BCUT2D eigenvalue weighted by molar-refractivity contribution is 7.89. The topological polar surface area (TPSA) is 185 Å². The SMILES string of the molecule is CC.Nc1ncnc2c1NC(c1ccc(C3CCC(CS(N)(=O)=O)CC3)cc1)C(N)(N)O2. The van der Waals surface area contributed by atoms with Crippen LogP contribution in [0.15, 0.2) is 30.6 Å². The van der Waals surface area contributed by atoms with Crippen LogP contribution in [0.25, 0.3) is 0 Å². The normalized spacial score (nSPS) is 24.2. The summed E-state index contributed by atoms with van der Waals surface area (Å²) < 4.78 is 28.3. The average Bonchev–Trinajstić information content (AvgIpc) is 2.74. The fourth-order valence-corrected chi connectivity index (χ4v) is 5.36. The average molecular weight is 464 g/mol. The first kappa shape index (κ1) is 24.2. The molecular formula is C21H33N7O3S. The quantitative estimate of drug-likeness (QED) is 0.421. The van der Waals surface area contributed by atoms with Gasteiger partial charge in [-0.25, -0.2) is 18.5 Å². The van der Waals surface area contributed by atoms with E-state index in [0.29, 0.717) is 11.6 Å². The standard InChI is InChI=1S/C19H27N7O3S.C2H6/c20-17-15-18(25-10-24-17)29-19(21,22)16(26-15)14-7-5-13(6-8-14)12-3-1-11(2-4-12)9-30(23,27)28;1-2/h5-8,10-12,16,26H,1-4,9,21-22H2,(H2,20,24,25)(H2,23,27,28);1-2H3. The van der Waals surface area contributed by atoms with Gasteiger partial charge in [-0.05, 0) is 48.6 Å². The predicted molar refractivity (Wildman–Crippen MR) is 125 cm³/mol. The lowest BCUT2D eigenvalue weighted by atomic mass is 9.79. The van der Waals surface area contributed by atoms with Gasteiger partial charge < -0.3 is 15.8 Å². The molecule has 176 valence electrons. The van der Waals surface area contributed by atoms with Crippen LogP contribution in [-0.2, 0) is 10.0 Å². The Morgan fingerprint density at radius 2 is 1.66 bits per heavy atom. The van der Waals surface area contributed by atoms with Crippen LogP contribution in [0.5, 0.6) is 5.88 Å². The van der Waals surface area contributed by atoms with Gasteiger partial charge in [0.05, 0.1) is 5.75 Å². The van der Waals surface area contributed by atoms with Crippen molar-refractivity contribution in [2.24, 2.45) is 22.5 Å². The van der Waals surface area contributed by atoms with E-state index in [1.807, 2.05) is 26.0 Å². The molecule has 9 N–H and O–H groups in total. The summed E-state index contributed by atoms with van der Waals surface area (Å²) in [6.07, 6.45) is 4.86. The molecule has 0 radical (unpaired) electrons. The number of rotatable bonds is 4. The van der Waals surface area contributed by atoms with E-state index in [2.05, 4.69) is 27.4 Å². The molecule has 1 aromatic heterocycles. The molecule has 2 heterocycles. The first-order valence-electron chi connectivity index (χ1n) is 10.9. The molecule has 2 aliphatic rings. The molecule has 0 saturated heterocycles. The Labute approximate surface area is 189 Å². The summed E-state index contributed by atoms with van der Waals surface area (Å²) in [6.45, 7) is 4.00. The first-order valence-corrected chi connectivity index (χ1v) is 12.6. The zero-order valence-electron chi connectivity index (χ0n) is 18.5. The van der Waals surface area contributed by atoms with Gasteiger partial charge in [-0.2, -0.15) is 4.98 Å². The molecule has 0 spiro atoms. The molecule has 1 aromatic carbocycles. The Morgan fingerprint density at radius 1 is 1.06 bits per heavy atom. The molecule has 10 nitrogen and oxygen atoms in total. The van der Waals surface area contributed by atoms with E-state index in [-0.39, 0.29) is 23.4 Å². The monoisotopic (exact) mass is 463 g/mol. The molecule has 0 amide bonds. The van der Waals surface area contributed by atoms with Crippen LogP contribution in [0.4, 0.5) is 11.5 Å². The summed E-state index contributed by atoms with van der Waals surface area (Å²) in [4.78, 5) is 7.99. The highest BCUT2D eigenvalue weighted by Gasteiger charge is 2.41. The van der Waals surface area contributed by atoms with Crippen molar-refractivity contribution >= 4 is 21.5 Å². The lowest BCUT2D eigenvalue weighted by Gasteiger charge is -2.39. The summed E-state index contributed by atoms with van der Waals surface area (Å²) in [5.41, 5.74) is 20.8. The van der Waals surface area contributed by atoms with Crippen molar-refractivity contribution in [1.29, 1.82) is 0 Å². The third-order valence-corrected chi connectivity index (χ3v) is 6.85. The molecule has 11 heteroatoms. The van der Waals surface area contributed by atoms with Crippen molar-refractivity contribution in [1.82, 2.24) is 9.97 Å². The van der Waals surface area contributed by atoms with Gasteiger partial charge in [-0.15, -0.1) is 0 Å². The smallest absolute Gasteiger partial charge is 0.245 e. The number of hydrogen-bond donors (Lipinski definition) is 5. The Hall–Kier alpha value is -2.47. The highest BCUT2D eigenvalue weighted by Crippen LogP contribution is 2.40. The second-order valence-corrected chi connectivity index (χ2v) is 9.84. The van der Waals surface area contributed by atoms with Crippen molar-refractivity contribution in [2.75, 3.05) is 16.8 Å². The maximum absolute atomic E-state index is 11.3. The van der Waals surface area contributed by atoms with Gasteiger partial charge in [-0.3, -0.25) is 11.5 Å². The molecular weight excluding hydrogens is 430 g/mol. The molecule has 4 rings (SSSR count). The lowest BCUT2D eigenvalue weighted by molar-refractivity contribution is 0.0471. The molecule has 0 bridgehead atoms. The number of nitrogens with one attached hydrogen (secondary N) is 1. The minimum Gasteiger partial charge on any atom is -0.438 e. The van der Waals surface area contributed by atoms with E-state index in [0.717, 1.165) is 31.2 Å². The Balaban J connectivity index is 0.00000141. The molecule has 1 aliphatic carbocycles. The number of fused-ring (bicyclic) bond motifs is 1. The zero-order chi connectivity index (χ0) is 23.5. The van der Waals surface area contributed by atoms with Crippen LogP contribution >= 0.6 is 0 Å². The van der Waals surface area contributed by atoms with Crippen LogP contribution in [0.2, 0.25) is 0 Å². The number of ether oxygens (including phenoxy) is 1. The molecule has 2 aromatic rings. The maximum atomic E-state index is 11.3. The Kier molecular flexibility index (Phi) is 7.23. The Morgan fingerprint density at radius 3 is 2.25 bits per heavy atom. The molecule has 1 aliphatic heterocycles. The number of nitrogens with zero attached hydrogens (tertiary/aromatic N) is 2. The minimum absolute atomic E-state index is 0.0649. The van der Waals surface area contributed by atoms with Gasteiger partial charge in [-0.1, -0.05) is 38.1 Å². The second kappa shape index (κ2) is 9.57. The van der Waals surface area contributed by atoms with Gasteiger partial charge >= 0.3 is 0 Å². The second-order valence-electron chi connectivity index (χ2n) is 8.19. The van der Waals surface area contributed by atoms with Crippen molar-refractivity contribution < 1.29 is 13.2 Å². The van der Waals surface area contributed by atoms with Crippen molar-refractivity contribution in [3.63, 3.8) is 0 Å². The van der Waals surface area contributed by atoms with E-state index in [1.165, 1.54) is 11.9 Å². The van der Waals surface area contributed by atoms with E-state index in [4.69, 9.17) is 27.1 Å². The van der Waals surface area contributed by atoms with E-state index < -0.39 is 21.9 Å². The van der Waals surface area contributed by atoms with Gasteiger partial charge in [0.1, 0.15) is 18.1 Å². The summed E-state index contributed by atoms with van der Waals surface area (Å²) in [6, 6.07) is 7.49. The highest BCUT2D eigenvalue weighted by atomic mass is 32.2. The van der Waals surface area contributed by atoms with E-state index in [9.17, 15) is 8.42 Å². The van der Waals surface area contributed by atoms with Crippen molar-refractivity contribution in [3.05, 3.63) is 41.7 Å². The molecule has 1 atom stereocenters. The van der Waals surface area contributed by atoms with Crippen molar-refractivity contribution in [2.45, 2.75) is 57.3 Å². The van der Waals surface area contributed by atoms with Crippen LogP contribution in [0.3, 0.4) is 0 Å². The number of primary sulfonamides is 1. The van der Waals surface area contributed by atoms with Gasteiger partial charge in [0.15, 0.2) is 5.82 Å². The lowest BCUT2D eigenvalue weighted by Crippen LogP contribution is -2.63. The van der Waals surface area contributed by atoms with Crippen molar-refractivity contribution in [3.8, 4) is 5.88 Å². The predicted octanol–water partition coefficient (Wildman–Crippen LogP) is 1.76. The largest absolute Gasteiger partial charge is 0.438 e. The number of anilines is 2. The van der Waals surface area contributed by atoms with Gasteiger partial charge in [0.2, 0.25) is 21.8 Å². The molecule has 1 fully saturated rings. The first-order chi connectivity index (χ1) is 15.1. The summed E-state index contributed by atoms with van der Waals surface area (Å²) in [5, 5.41) is 8.39. The van der Waals surface area contributed by atoms with Crippen LogP contribution < -0.4 is 32.4 Å². The summed E-state index contributed by atoms with van der Waals surface area (Å²) in [5.74, 6) is -0.445. The number of sulfonamides is 1. The van der Waals surface area contributed by atoms with Crippen LogP contribution in [0, 0.1) is 5.92 Å². The summed E-state index contributed by atoms with van der Waals surface area (Å²) in [7, 11) is -3.42. The zero-order valence-corrected chi connectivity index (χ0v) is 19.3. The molecule has 1 saturated carbocycles. The number of benzene rings is 1. The minimum atomic E-state index is -3.42. The van der Waals surface area contributed by atoms with E-state index >= 15 is 0 Å². The number of hydrogen-bond acceptors (Lipinski definition) is 9. The molecule has 1 unspecified atom stereocenters. The van der Waals surface area contributed by atoms with Gasteiger partial charge in [0.25, 0.3) is 0 Å². The van der Waals surface area contributed by atoms with Crippen LogP contribution in [-0.4, -0.2) is 30.0 Å². The molecule has 32 heavy (non-hydrogen) atoms. The number of nitrogens with two attached hydrogens (primary N) is 4. The number of nitrogen functional groups attached to an aromatic ring is 1. The van der Waals surface area contributed by atoms with Gasteiger partial charge in [0, 0.05) is 0 Å². The van der Waals surface area contributed by atoms with E-state index in [1.54, 1.807) is 0 Å². The third kappa shape index (κ3) is 5.47.